The first-order valence-electron chi connectivity index (χ1n) is 8.40. The molecule has 0 amide bonds. The van der Waals surface area contributed by atoms with Crippen molar-refractivity contribution in [3.8, 4) is 11.3 Å². The van der Waals surface area contributed by atoms with E-state index in [-0.39, 0.29) is 0 Å². The zero-order valence-corrected chi connectivity index (χ0v) is 16.3. The maximum Gasteiger partial charge on any atom is 0.240 e. The van der Waals surface area contributed by atoms with Crippen molar-refractivity contribution in [1.29, 1.82) is 0 Å². The number of hydrogen-bond donors (Lipinski definition) is 1. The van der Waals surface area contributed by atoms with Gasteiger partial charge in [0.25, 0.3) is 0 Å². The Bertz CT molecular complexity index is 950. The lowest BCUT2D eigenvalue weighted by molar-refractivity contribution is 0.581. The summed E-state index contributed by atoms with van der Waals surface area (Å²) in [5.41, 5.74) is 3.02. The Morgan fingerprint density at radius 2 is 1.77 bits per heavy atom. The second-order valence-electron chi connectivity index (χ2n) is 6.23. The van der Waals surface area contributed by atoms with E-state index in [0.717, 1.165) is 21.8 Å². The van der Waals surface area contributed by atoms with Crippen LogP contribution in [0.3, 0.4) is 0 Å². The van der Waals surface area contributed by atoms with Crippen molar-refractivity contribution >= 4 is 21.4 Å². The maximum atomic E-state index is 12.4. The van der Waals surface area contributed by atoms with Crippen molar-refractivity contribution in [1.82, 2.24) is 14.7 Å². The predicted molar refractivity (Wildman–Crippen MR) is 105 cm³/mol. The fourth-order valence-electron chi connectivity index (χ4n) is 2.49. The fraction of sp³-hybridized carbons (Fsp3) is 0.263. The van der Waals surface area contributed by atoms with Crippen molar-refractivity contribution in [2.24, 2.45) is 0 Å². The van der Waals surface area contributed by atoms with Crippen LogP contribution >= 0.6 is 11.3 Å². The molecule has 1 N–H and O–H groups in total. The minimum absolute atomic E-state index is 0.290. The van der Waals surface area contributed by atoms with Gasteiger partial charge in [-0.2, -0.15) is 0 Å². The normalized spacial score (nSPS) is 11.8. The second-order valence-corrected chi connectivity index (χ2v) is 8.94. The molecule has 0 fully saturated rings. The Morgan fingerprint density at radius 3 is 2.42 bits per heavy atom. The number of sulfonamides is 1. The summed E-state index contributed by atoms with van der Waals surface area (Å²) in [6.07, 6.45) is 4.01. The highest BCUT2D eigenvalue weighted by Crippen LogP contribution is 2.21. The van der Waals surface area contributed by atoms with Crippen molar-refractivity contribution in [3.63, 3.8) is 0 Å². The monoisotopic (exact) mass is 387 g/mol. The standard InChI is InChI=1S/C19H21N3O2S2/c1-14(2)15-3-5-17(6-4-15)26(23,24)21-12-9-19-22-18(13-25-19)16-7-10-20-11-8-16/h3-8,10-11,13-14,21H,9,12H2,1-2H3. The van der Waals surface area contributed by atoms with Gasteiger partial charge in [-0.3, -0.25) is 4.98 Å². The van der Waals surface area contributed by atoms with Crippen molar-refractivity contribution in [2.75, 3.05) is 6.54 Å². The zero-order chi connectivity index (χ0) is 18.6. The van der Waals surface area contributed by atoms with Crippen molar-refractivity contribution < 1.29 is 8.42 Å². The Balaban J connectivity index is 1.59. The minimum Gasteiger partial charge on any atom is -0.265 e. The van der Waals surface area contributed by atoms with Crippen LogP contribution in [-0.4, -0.2) is 24.9 Å². The molecule has 3 aromatic rings. The van der Waals surface area contributed by atoms with Crippen LogP contribution in [0.2, 0.25) is 0 Å². The van der Waals surface area contributed by atoms with Crippen LogP contribution in [0.15, 0.2) is 59.1 Å². The molecule has 26 heavy (non-hydrogen) atoms. The number of nitrogens with zero attached hydrogens (tertiary/aromatic N) is 2. The molecule has 5 nitrogen and oxygen atoms in total. The van der Waals surface area contributed by atoms with Crippen LogP contribution in [0, 0.1) is 0 Å². The van der Waals surface area contributed by atoms with Crippen LogP contribution in [0.4, 0.5) is 0 Å². The first-order valence-corrected chi connectivity index (χ1v) is 10.8. The smallest absolute Gasteiger partial charge is 0.240 e. The second kappa shape index (κ2) is 8.07. The summed E-state index contributed by atoms with van der Waals surface area (Å²) < 4.78 is 27.4. The molecule has 136 valence electrons. The highest BCUT2D eigenvalue weighted by atomic mass is 32.2. The van der Waals surface area contributed by atoms with Gasteiger partial charge in [0.05, 0.1) is 15.6 Å². The van der Waals surface area contributed by atoms with Crippen LogP contribution < -0.4 is 4.72 Å². The summed E-state index contributed by atoms with van der Waals surface area (Å²) in [6.45, 7) is 4.48. The molecule has 0 aliphatic carbocycles. The quantitative estimate of drug-likeness (QED) is 0.668. The summed E-state index contributed by atoms with van der Waals surface area (Å²) in [5, 5.41) is 2.87. The lowest BCUT2D eigenvalue weighted by Gasteiger charge is -2.08. The van der Waals surface area contributed by atoms with Gasteiger partial charge in [0.15, 0.2) is 0 Å². The van der Waals surface area contributed by atoms with E-state index in [1.165, 1.54) is 11.3 Å². The van der Waals surface area contributed by atoms with E-state index in [0.29, 0.717) is 23.8 Å². The Morgan fingerprint density at radius 1 is 1.08 bits per heavy atom. The van der Waals surface area contributed by atoms with E-state index in [2.05, 4.69) is 28.5 Å². The molecule has 1 aromatic carbocycles. The highest BCUT2D eigenvalue weighted by molar-refractivity contribution is 7.89. The largest absolute Gasteiger partial charge is 0.265 e. The number of thiazole rings is 1. The van der Waals surface area contributed by atoms with Gasteiger partial charge in [0.2, 0.25) is 10.0 Å². The molecule has 0 spiro atoms. The molecule has 0 unspecified atom stereocenters. The van der Waals surface area contributed by atoms with Gasteiger partial charge < -0.3 is 0 Å². The van der Waals surface area contributed by atoms with Gasteiger partial charge in [-0.25, -0.2) is 18.1 Å². The summed E-state index contributed by atoms with van der Waals surface area (Å²) in [4.78, 5) is 8.85. The molecule has 0 aliphatic rings. The molecule has 0 radical (unpaired) electrons. The Labute approximate surface area is 158 Å². The molecule has 0 atom stereocenters. The number of hydrogen-bond acceptors (Lipinski definition) is 5. The third-order valence-corrected chi connectivity index (χ3v) is 6.40. The topological polar surface area (TPSA) is 72.0 Å². The highest BCUT2D eigenvalue weighted by Gasteiger charge is 2.14. The van der Waals surface area contributed by atoms with Crippen molar-refractivity contribution in [2.45, 2.75) is 31.1 Å². The van der Waals surface area contributed by atoms with Crippen LogP contribution in [-0.2, 0) is 16.4 Å². The van der Waals surface area contributed by atoms with E-state index in [4.69, 9.17) is 0 Å². The van der Waals surface area contributed by atoms with E-state index in [1.807, 2.05) is 29.6 Å². The van der Waals surface area contributed by atoms with Gasteiger partial charge >= 0.3 is 0 Å². The first-order chi connectivity index (χ1) is 12.5. The molecule has 0 bridgehead atoms. The summed E-state index contributed by atoms with van der Waals surface area (Å²) in [5.74, 6) is 0.374. The van der Waals surface area contributed by atoms with E-state index in [1.54, 1.807) is 24.5 Å². The van der Waals surface area contributed by atoms with Gasteiger partial charge in [-0.1, -0.05) is 26.0 Å². The number of benzene rings is 1. The van der Waals surface area contributed by atoms with Gasteiger partial charge in [-0.05, 0) is 35.7 Å². The lowest BCUT2D eigenvalue weighted by atomic mass is 10.0. The zero-order valence-electron chi connectivity index (χ0n) is 14.7. The minimum atomic E-state index is -3.50. The number of nitrogens with one attached hydrogen (secondary N) is 1. The molecular formula is C19H21N3O2S2. The van der Waals surface area contributed by atoms with E-state index < -0.39 is 10.0 Å². The van der Waals surface area contributed by atoms with Gasteiger partial charge in [0, 0.05) is 36.3 Å². The Kier molecular flexibility index (Phi) is 5.80. The summed E-state index contributed by atoms with van der Waals surface area (Å²) in [6, 6.07) is 10.8. The van der Waals surface area contributed by atoms with Gasteiger partial charge in [-0.15, -0.1) is 11.3 Å². The fourth-order valence-corrected chi connectivity index (χ4v) is 4.33. The van der Waals surface area contributed by atoms with Crippen molar-refractivity contribution in [3.05, 3.63) is 64.7 Å². The molecule has 2 heterocycles. The maximum absolute atomic E-state index is 12.4. The predicted octanol–water partition coefficient (Wildman–Crippen LogP) is 3.85. The SMILES string of the molecule is CC(C)c1ccc(S(=O)(=O)NCCc2nc(-c3ccncc3)cs2)cc1. The average Bonchev–Trinajstić information content (AvgIpc) is 3.11. The molecule has 0 aliphatic heterocycles. The summed E-state index contributed by atoms with van der Waals surface area (Å²) >= 11 is 1.53. The molecule has 0 saturated heterocycles. The van der Waals surface area contributed by atoms with Crippen LogP contribution in [0.5, 0.6) is 0 Å². The number of pyridine rings is 1. The van der Waals surface area contributed by atoms with Crippen LogP contribution in [0.1, 0.15) is 30.3 Å². The number of rotatable bonds is 7. The number of aromatic nitrogens is 2. The third kappa shape index (κ3) is 4.55. The molecule has 3 rings (SSSR count). The van der Waals surface area contributed by atoms with Gasteiger partial charge in [0.1, 0.15) is 0 Å². The molecule has 0 saturated carbocycles. The van der Waals surface area contributed by atoms with E-state index in [9.17, 15) is 8.42 Å². The summed E-state index contributed by atoms with van der Waals surface area (Å²) in [7, 11) is -3.50. The third-order valence-electron chi connectivity index (χ3n) is 4.02. The van der Waals surface area contributed by atoms with Crippen LogP contribution in [0.25, 0.3) is 11.3 Å². The molecule has 2 aromatic heterocycles. The van der Waals surface area contributed by atoms with E-state index >= 15 is 0 Å². The molecule has 7 heteroatoms. The lowest BCUT2D eigenvalue weighted by Crippen LogP contribution is -2.26. The first kappa shape index (κ1) is 18.7. The Hall–Kier alpha value is -2.09. The molecular weight excluding hydrogens is 366 g/mol. The average molecular weight is 388 g/mol.